The minimum Gasteiger partial charge on any atom is -0.480 e. The molecule has 1 aromatic carbocycles. The summed E-state index contributed by atoms with van der Waals surface area (Å²) >= 11 is 0. The number of aromatic nitrogens is 1. The lowest BCUT2D eigenvalue weighted by atomic mass is 10.1. The van der Waals surface area contributed by atoms with E-state index in [4.69, 9.17) is 5.11 Å². The number of halogens is 1. The van der Waals surface area contributed by atoms with E-state index in [1.54, 1.807) is 6.07 Å². The normalized spacial score (nSPS) is 18.6. The van der Waals surface area contributed by atoms with Crippen LogP contribution in [0.2, 0.25) is 0 Å². The highest BCUT2D eigenvalue weighted by Crippen LogP contribution is 2.30. The molecule has 0 amide bonds. The van der Waals surface area contributed by atoms with Crippen LogP contribution in [0.4, 0.5) is 10.1 Å². The molecule has 5 nitrogen and oxygen atoms in total. The summed E-state index contributed by atoms with van der Waals surface area (Å²) in [5.74, 6) is -1.09. The summed E-state index contributed by atoms with van der Waals surface area (Å²) in [6.45, 7) is 3.65. The first kappa shape index (κ1) is 17.6. The van der Waals surface area contributed by atoms with Crippen molar-refractivity contribution in [2.45, 2.75) is 32.2 Å². The first-order chi connectivity index (χ1) is 12.0. The molecule has 3 rings (SSSR count). The lowest BCUT2D eigenvalue weighted by molar-refractivity contribution is -0.138. The molecule has 0 spiro atoms. The third-order valence-corrected chi connectivity index (χ3v) is 4.94. The molecule has 6 heteroatoms. The van der Waals surface area contributed by atoms with Gasteiger partial charge in [-0.3, -0.25) is 9.69 Å². The van der Waals surface area contributed by atoms with E-state index in [1.165, 1.54) is 6.07 Å². The highest BCUT2D eigenvalue weighted by molar-refractivity contribution is 5.92. The summed E-state index contributed by atoms with van der Waals surface area (Å²) in [5.41, 5.74) is 2.24. The number of nitrogens with zero attached hydrogens (tertiary/aromatic N) is 3. The van der Waals surface area contributed by atoms with Gasteiger partial charge in [-0.1, -0.05) is 12.1 Å². The van der Waals surface area contributed by atoms with Crippen LogP contribution in [0.5, 0.6) is 0 Å². The van der Waals surface area contributed by atoms with Gasteiger partial charge in [-0.05, 0) is 45.4 Å². The first-order valence-corrected chi connectivity index (χ1v) is 8.68. The second-order valence-corrected chi connectivity index (χ2v) is 6.80. The lowest BCUT2D eigenvalue weighted by Gasteiger charge is -2.27. The second kappa shape index (κ2) is 7.35. The molecule has 1 unspecified atom stereocenters. The number of carboxylic acids is 1. The van der Waals surface area contributed by atoms with Crippen molar-refractivity contribution in [3.8, 4) is 0 Å². The molecule has 134 valence electrons. The summed E-state index contributed by atoms with van der Waals surface area (Å²) in [4.78, 5) is 19.5. The Morgan fingerprint density at radius 3 is 2.96 bits per heavy atom. The average molecular weight is 345 g/mol. The molecule has 0 aliphatic carbocycles. The molecule has 0 bridgehead atoms. The predicted molar refractivity (Wildman–Crippen MR) is 96.6 cm³/mol. The maximum absolute atomic E-state index is 14.1. The molecule has 1 aromatic heterocycles. The van der Waals surface area contributed by atoms with Gasteiger partial charge in [-0.2, -0.15) is 0 Å². The van der Waals surface area contributed by atoms with Crippen LogP contribution in [0, 0.1) is 12.7 Å². The van der Waals surface area contributed by atoms with E-state index in [2.05, 4.69) is 9.88 Å². The van der Waals surface area contributed by atoms with Crippen LogP contribution in [0.1, 0.15) is 25.0 Å². The van der Waals surface area contributed by atoms with Crippen molar-refractivity contribution in [1.82, 2.24) is 9.88 Å². The molecule has 1 aliphatic heterocycles. The van der Waals surface area contributed by atoms with E-state index in [0.29, 0.717) is 5.52 Å². The number of hydrogen-bond acceptors (Lipinski definition) is 4. The molecule has 0 radical (unpaired) electrons. The zero-order valence-corrected chi connectivity index (χ0v) is 14.7. The minimum absolute atomic E-state index is 0.0627. The van der Waals surface area contributed by atoms with Gasteiger partial charge in [0.25, 0.3) is 0 Å². The number of likely N-dealkylation sites (N-methyl/N-ethyl adjacent to an activating group) is 1. The Hall–Kier alpha value is -2.21. The van der Waals surface area contributed by atoms with Crippen molar-refractivity contribution in [2.75, 3.05) is 31.6 Å². The SMILES string of the molecule is Cc1cc(N2CCCC(N(C)CC(=O)O)CC2)c2cccc(F)c2n1. The number of para-hydroxylation sites is 1. The number of benzene rings is 1. The number of hydrogen-bond donors (Lipinski definition) is 1. The fraction of sp³-hybridized carbons (Fsp3) is 0.474. The van der Waals surface area contributed by atoms with Crippen LogP contribution in [0.3, 0.4) is 0 Å². The fourth-order valence-corrected chi connectivity index (χ4v) is 3.68. The molecule has 2 heterocycles. The van der Waals surface area contributed by atoms with Gasteiger partial charge in [0.2, 0.25) is 0 Å². The van der Waals surface area contributed by atoms with Crippen LogP contribution < -0.4 is 4.90 Å². The Bertz CT molecular complexity index is 781. The molecule has 1 N–H and O–H groups in total. The summed E-state index contributed by atoms with van der Waals surface area (Å²) in [6, 6.07) is 7.35. The first-order valence-electron chi connectivity index (χ1n) is 8.68. The van der Waals surface area contributed by atoms with Gasteiger partial charge in [0, 0.05) is 35.9 Å². The summed E-state index contributed by atoms with van der Waals surface area (Å²) < 4.78 is 14.1. The number of carboxylic acid groups (broad SMARTS) is 1. The Kier molecular flexibility index (Phi) is 5.18. The van der Waals surface area contributed by atoms with Crippen molar-refractivity contribution >= 4 is 22.6 Å². The molecule has 1 saturated heterocycles. The van der Waals surface area contributed by atoms with Crippen molar-refractivity contribution in [3.05, 3.63) is 35.8 Å². The number of pyridine rings is 1. The number of carbonyl (C=O) groups is 1. The van der Waals surface area contributed by atoms with Gasteiger partial charge >= 0.3 is 5.97 Å². The number of anilines is 1. The van der Waals surface area contributed by atoms with E-state index in [-0.39, 0.29) is 18.4 Å². The smallest absolute Gasteiger partial charge is 0.317 e. The number of rotatable bonds is 4. The van der Waals surface area contributed by atoms with Gasteiger partial charge in [0.1, 0.15) is 11.3 Å². The molecular formula is C19H24FN3O2. The van der Waals surface area contributed by atoms with Crippen LogP contribution in [-0.4, -0.2) is 53.7 Å². The Labute approximate surface area is 147 Å². The lowest BCUT2D eigenvalue weighted by Crippen LogP contribution is -2.36. The van der Waals surface area contributed by atoms with Crippen molar-refractivity contribution < 1.29 is 14.3 Å². The van der Waals surface area contributed by atoms with Crippen molar-refractivity contribution in [2.24, 2.45) is 0 Å². The highest BCUT2D eigenvalue weighted by Gasteiger charge is 2.23. The number of aryl methyl sites for hydroxylation is 1. The summed E-state index contributed by atoms with van der Waals surface area (Å²) in [5, 5.41) is 9.83. The van der Waals surface area contributed by atoms with E-state index in [1.807, 2.05) is 31.0 Å². The Balaban J connectivity index is 1.85. The average Bonchev–Trinajstić information content (AvgIpc) is 2.80. The molecule has 1 atom stereocenters. The van der Waals surface area contributed by atoms with Gasteiger partial charge in [0.05, 0.1) is 6.54 Å². The molecule has 1 aliphatic rings. The van der Waals surface area contributed by atoms with Crippen molar-refractivity contribution in [1.29, 1.82) is 0 Å². The molecule has 25 heavy (non-hydrogen) atoms. The summed E-state index contributed by atoms with van der Waals surface area (Å²) in [6.07, 6.45) is 2.84. The second-order valence-electron chi connectivity index (χ2n) is 6.80. The monoisotopic (exact) mass is 345 g/mol. The standard InChI is InChI=1S/C19H24FN3O2/c1-13-11-17(15-6-3-7-16(20)19(15)21-13)23-9-4-5-14(8-10-23)22(2)12-18(24)25/h3,6-7,11,14H,4-5,8-10,12H2,1-2H3,(H,24,25). The predicted octanol–water partition coefficient (Wildman–Crippen LogP) is 3.06. The fourth-order valence-electron chi connectivity index (χ4n) is 3.68. The van der Waals surface area contributed by atoms with E-state index in [9.17, 15) is 9.18 Å². The number of fused-ring (bicyclic) bond motifs is 1. The summed E-state index contributed by atoms with van der Waals surface area (Å²) in [7, 11) is 1.87. The quantitative estimate of drug-likeness (QED) is 0.923. The van der Waals surface area contributed by atoms with Gasteiger partial charge < -0.3 is 10.0 Å². The van der Waals surface area contributed by atoms with Gasteiger partial charge in [-0.25, -0.2) is 9.37 Å². The van der Waals surface area contributed by atoms with Crippen LogP contribution in [0.25, 0.3) is 10.9 Å². The van der Waals surface area contributed by atoms with E-state index < -0.39 is 5.97 Å². The topological polar surface area (TPSA) is 56.7 Å². The third kappa shape index (κ3) is 3.90. The minimum atomic E-state index is -0.796. The molecule has 0 saturated carbocycles. The Morgan fingerprint density at radius 2 is 2.20 bits per heavy atom. The Morgan fingerprint density at radius 1 is 1.40 bits per heavy atom. The van der Waals surface area contributed by atoms with Gasteiger partial charge in [-0.15, -0.1) is 0 Å². The van der Waals surface area contributed by atoms with Crippen LogP contribution >= 0.6 is 0 Å². The highest BCUT2D eigenvalue weighted by atomic mass is 19.1. The zero-order chi connectivity index (χ0) is 18.0. The zero-order valence-electron chi connectivity index (χ0n) is 14.7. The van der Waals surface area contributed by atoms with E-state index >= 15 is 0 Å². The third-order valence-electron chi connectivity index (χ3n) is 4.94. The van der Waals surface area contributed by atoms with Crippen molar-refractivity contribution in [3.63, 3.8) is 0 Å². The molecular weight excluding hydrogens is 321 g/mol. The van der Waals surface area contributed by atoms with Crippen LogP contribution in [0.15, 0.2) is 24.3 Å². The maximum Gasteiger partial charge on any atom is 0.317 e. The van der Waals surface area contributed by atoms with E-state index in [0.717, 1.165) is 49.1 Å². The number of aliphatic carboxylic acids is 1. The largest absolute Gasteiger partial charge is 0.480 e. The molecule has 1 fully saturated rings. The molecule has 2 aromatic rings. The van der Waals surface area contributed by atoms with Crippen LogP contribution in [-0.2, 0) is 4.79 Å². The maximum atomic E-state index is 14.1. The van der Waals surface area contributed by atoms with Gasteiger partial charge in [0.15, 0.2) is 0 Å².